The van der Waals surface area contributed by atoms with Crippen molar-refractivity contribution in [1.82, 2.24) is 5.48 Å². The Kier molecular flexibility index (Phi) is 8.67. The number of halogens is 6. The minimum absolute atomic E-state index is 0.293. The summed E-state index contributed by atoms with van der Waals surface area (Å²) in [6.45, 7) is 2.51. The minimum Gasteiger partial charge on any atom is -0.468 e. The molecule has 2 aromatic rings. The summed E-state index contributed by atoms with van der Waals surface area (Å²) in [5.74, 6) is -0.674. The highest BCUT2D eigenvalue weighted by Crippen LogP contribution is 2.37. The predicted molar refractivity (Wildman–Crippen MR) is 110 cm³/mol. The molecule has 2 aromatic carbocycles. The third-order valence-corrected chi connectivity index (χ3v) is 4.88. The van der Waals surface area contributed by atoms with Crippen molar-refractivity contribution >= 4 is 11.7 Å². The molecule has 0 saturated heterocycles. The van der Waals surface area contributed by atoms with Crippen molar-refractivity contribution in [2.24, 2.45) is 5.16 Å². The van der Waals surface area contributed by atoms with E-state index in [1.54, 1.807) is 25.1 Å². The zero-order valence-electron chi connectivity index (χ0n) is 18.6. The summed E-state index contributed by atoms with van der Waals surface area (Å²) < 4.78 is 84.0. The number of hydroxylamine groups is 1. The van der Waals surface area contributed by atoms with E-state index >= 15 is 0 Å². The second-order valence-corrected chi connectivity index (χ2v) is 7.13. The predicted octanol–water partition coefficient (Wildman–Crippen LogP) is 5.34. The number of aryl methyl sites for hydroxylation is 1. The number of oxime groups is 1. The Morgan fingerprint density at radius 2 is 1.74 bits per heavy atom. The lowest BCUT2D eigenvalue weighted by Gasteiger charge is -2.20. The second kappa shape index (κ2) is 10.9. The summed E-state index contributed by atoms with van der Waals surface area (Å²) in [6.07, 6.45) is -9.74. The van der Waals surface area contributed by atoms with E-state index in [9.17, 15) is 31.1 Å². The highest BCUT2D eigenvalue weighted by atomic mass is 19.4. The van der Waals surface area contributed by atoms with Gasteiger partial charge in [-0.1, -0.05) is 23.4 Å². The maximum absolute atomic E-state index is 13.4. The Bertz CT molecular complexity index is 1050. The molecule has 0 amide bonds. The van der Waals surface area contributed by atoms with Gasteiger partial charge < -0.3 is 14.4 Å². The van der Waals surface area contributed by atoms with E-state index in [4.69, 9.17) is 14.4 Å². The number of carbonyl (C=O) groups excluding carboxylic acids is 1. The standard InChI is InChI=1S/C22H22F6N2O4/c1-12-6-5-7-15(19(30-33-4)20(31)32-3)17(12)11-34-29-13(2)16-10-14(21(23,24)25)8-9-18(16)22(26,27)28/h5-10,19,30H,11H2,1-4H3/b29-13+. The zero-order chi connectivity index (χ0) is 25.7. The molecule has 1 unspecified atom stereocenters. The summed E-state index contributed by atoms with van der Waals surface area (Å²) in [5.41, 5.74) is 0.301. The molecule has 0 aliphatic rings. The van der Waals surface area contributed by atoms with Crippen molar-refractivity contribution in [3.8, 4) is 0 Å². The number of alkyl halides is 6. The van der Waals surface area contributed by atoms with Gasteiger partial charge in [-0.25, -0.2) is 4.79 Å². The van der Waals surface area contributed by atoms with E-state index in [1.165, 1.54) is 14.2 Å². The lowest BCUT2D eigenvalue weighted by Crippen LogP contribution is -2.30. The number of ether oxygens (including phenoxy) is 1. The number of nitrogens with zero attached hydrogens (tertiary/aromatic N) is 1. The molecule has 6 nitrogen and oxygen atoms in total. The van der Waals surface area contributed by atoms with Gasteiger partial charge in [0.15, 0.2) is 6.04 Å². The Balaban J connectivity index is 2.41. The van der Waals surface area contributed by atoms with Crippen molar-refractivity contribution in [3.05, 3.63) is 69.8 Å². The van der Waals surface area contributed by atoms with Crippen LogP contribution in [-0.2, 0) is 38.2 Å². The number of rotatable bonds is 8. The Morgan fingerprint density at radius 1 is 1.06 bits per heavy atom. The normalized spacial score (nSPS) is 13.5. The molecule has 0 aromatic heterocycles. The van der Waals surface area contributed by atoms with Crippen LogP contribution < -0.4 is 5.48 Å². The van der Waals surface area contributed by atoms with Crippen molar-refractivity contribution in [3.63, 3.8) is 0 Å². The highest BCUT2D eigenvalue weighted by molar-refractivity contribution is 6.00. The number of benzene rings is 2. The van der Waals surface area contributed by atoms with Gasteiger partial charge in [-0.3, -0.25) is 0 Å². The van der Waals surface area contributed by atoms with Gasteiger partial charge in [0.05, 0.1) is 31.1 Å². The zero-order valence-corrected chi connectivity index (χ0v) is 18.6. The highest BCUT2D eigenvalue weighted by Gasteiger charge is 2.37. The van der Waals surface area contributed by atoms with Crippen LogP contribution in [0.5, 0.6) is 0 Å². The van der Waals surface area contributed by atoms with E-state index in [2.05, 4.69) is 10.6 Å². The molecule has 0 aliphatic carbocycles. The van der Waals surface area contributed by atoms with Crippen molar-refractivity contribution < 1.29 is 45.5 Å². The van der Waals surface area contributed by atoms with E-state index in [0.29, 0.717) is 34.9 Å². The van der Waals surface area contributed by atoms with Gasteiger partial charge in [0.25, 0.3) is 0 Å². The number of carbonyl (C=O) groups is 1. The monoisotopic (exact) mass is 492 g/mol. The van der Waals surface area contributed by atoms with Crippen LogP contribution in [0.2, 0.25) is 0 Å². The van der Waals surface area contributed by atoms with Gasteiger partial charge in [0.2, 0.25) is 0 Å². The average Bonchev–Trinajstić information content (AvgIpc) is 2.76. The minimum atomic E-state index is -4.90. The number of hydrogen-bond donors (Lipinski definition) is 1. The third kappa shape index (κ3) is 6.48. The largest absolute Gasteiger partial charge is 0.468 e. The summed E-state index contributed by atoms with van der Waals surface area (Å²) in [6, 6.07) is 5.00. The van der Waals surface area contributed by atoms with Gasteiger partial charge >= 0.3 is 18.3 Å². The number of hydrogen-bond acceptors (Lipinski definition) is 6. The van der Waals surface area contributed by atoms with Gasteiger partial charge in [-0.15, -0.1) is 0 Å². The van der Waals surface area contributed by atoms with Crippen LogP contribution in [-0.4, -0.2) is 25.9 Å². The Morgan fingerprint density at radius 3 is 2.29 bits per heavy atom. The number of methoxy groups -OCH3 is 1. The van der Waals surface area contributed by atoms with Crippen LogP contribution in [0.1, 0.15) is 46.3 Å². The Hall–Kier alpha value is -3.12. The summed E-state index contributed by atoms with van der Waals surface area (Å²) in [5, 5.41) is 3.62. The van der Waals surface area contributed by atoms with Crippen LogP contribution in [0.25, 0.3) is 0 Å². The summed E-state index contributed by atoms with van der Waals surface area (Å²) in [4.78, 5) is 22.2. The SMILES string of the molecule is CONC(C(=O)OC)c1cccc(C)c1CO/N=C(\C)c1cc(C(F)(F)F)ccc1C(F)(F)F. The van der Waals surface area contributed by atoms with Crippen LogP contribution in [0, 0.1) is 6.92 Å². The maximum atomic E-state index is 13.4. The van der Waals surface area contributed by atoms with Crippen LogP contribution in [0.15, 0.2) is 41.6 Å². The molecule has 1 N–H and O–H groups in total. The molecule has 1 atom stereocenters. The maximum Gasteiger partial charge on any atom is 0.417 e. The third-order valence-electron chi connectivity index (χ3n) is 4.88. The first-order valence-electron chi connectivity index (χ1n) is 9.71. The van der Waals surface area contributed by atoms with Crippen LogP contribution in [0.3, 0.4) is 0 Å². The fraction of sp³-hybridized carbons (Fsp3) is 0.364. The van der Waals surface area contributed by atoms with E-state index in [-0.39, 0.29) is 6.61 Å². The smallest absolute Gasteiger partial charge is 0.417 e. The molecule has 0 saturated carbocycles. The van der Waals surface area contributed by atoms with E-state index in [1.807, 2.05) is 0 Å². The fourth-order valence-corrected chi connectivity index (χ4v) is 3.18. The molecule has 0 radical (unpaired) electrons. The average molecular weight is 492 g/mol. The molecule has 2 rings (SSSR count). The lowest BCUT2D eigenvalue weighted by atomic mass is 9.97. The molecule has 0 fully saturated rings. The Labute approximate surface area is 191 Å². The molecule has 34 heavy (non-hydrogen) atoms. The van der Waals surface area contributed by atoms with Crippen molar-refractivity contribution in [1.29, 1.82) is 0 Å². The van der Waals surface area contributed by atoms with Gasteiger partial charge in [0, 0.05) is 11.1 Å². The molecule has 186 valence electrons. The first-order valence-corrected chi connectivity index (χ1v) is 9.71. The van der Waals surface area contributed by atoms with Crippen molar-refractivity contribution in [2.45, 2.75) is 38.8 Å². The van der Waals surface area contributed by atoms with Gasteiger partial charge in [-0.2, -0.15) is 31.8 Å². The number of esters is 1. The van der Waals surface area contributed by atoms with Crippen molar-refractivity contribution in [2.75, 3.05) is 14.2 Å². The molecule has 0 bridgehead atoms. The molecule has 0 heterocycles. The molecular weight excluding hydrogens is 470 g/mol. The van der Waals surface area contributed by atoms with Gasteiger partial charge in [0.1, 0.15) is 6.61 Å². The molecule has 0 spiro atoms. The van der Waals surface area contributed by atoms with E-state index in [0.717, 1.165) is 6.92 Å². The second-order valence-electron chi connectivity index (χ2n) is 7.13. The van der Waals surface area contributed by atoms with Crippen LogP contribution >= 0.6 is 0 Å². The summed E-state index contributed by atoms with van der Waals surface area (Å²) >= 11 is 0. The van der Waals surface area contributed by atoms with E-state index < -0.39 is 46.8 Å². The van der Waals surface area contributed by atoms with Gasteiger partial charge in [-0.05, 0) is 43.2 Å². The molecule has 12 heteroatoms. The topological polar surface area (TPSA) is 69.2 Å². The lowest BCUT2D eigenvalue weighted by molar-refractivity contribution is -0.147. The van der Waals surface area contributed by atoms with Crippen LogP contribution in [0.4, 0.5) is 26.3 Å². The first-order chi connectivity index (χ1) is 15.8. The molecule has 0 aliphatic heterocycles. The number of nitrogens with one attached hydrogen (secondary N) is 1. The quantitative estimate of drug-likeness (QED) is 0.233. The fourth-order valence-electron chi connectivity index (χ4n) is 3.18. The first kappa shape index (κ1) is 27.1. The summed E-state index contributed by atoms with van der Waals surface area (Å²) in [7, 11) is 2.47. The molecular formula is C22H22F6N2O4.